The molecule has 3 aromatic carbocycles. The van der Waals surface area contributed by atoms with Crippen LogP contribution in [0.2, 0.25) is 0 Å². The fourth-order valence-electron chi connectivity index (χ4n) is 4.74. The number of benzene rings is 3. The molecular weight excluding hydrogens is 306 g/mol. The fourth-order valence-corrected chi connectivity index (χ4v) is 4.74. The lowest BCUT2D eigenvalue weighted by Gasteiger charge is -2.05. The number of nitrogens with zero attached hydrogens (tertiary/aromatic N) is 3. The molecule has 6 rings (SSSR count). The van der Waals surface area contributed by atoms with Gasteiger partial charge in [-0.3, -0.25) is 0 Å². The van der Waals surface area contributed by atoms with Crippen molar-refractivity contribution < 1.29 is 0 Å². The first-order valence-corrected chi connectivity index (χ1v) is 8.39. The summed E-state index contributed by atoms with van der Waals surface area (Å²) in [7, 11) is 0. The molecule has 0 fully saturated rings. The molecule has 2 aromatic heterocycles. The topological polar surface area (TPSA) is 52.0 Å². The molecule has 25 heavy (non-hydrogen) atoms. The van der Waals surface area contributed by atoms with Gasteiger partial charge in [0.2, 0.25) is 0 Å². The van der Waals surface area contributed by atoms with Gasteiger partial charge in [0.1, 0.15) is 0 Å². The molecule has 3 heteroatoms. The first kappa shape index (κ1) is 12.8. The SMILES string of the molecule is N#Cc1ccc2c3cccc4c5ccc(C#N)c6c5n(c2c1CC6)c34. The average molecular weight is 317 g/mol. The smallest absolute Gasteiger partial charge is 0.0995 e. The van der Waals surface area contributed by atoms with E-state index in [-0.39, 0.29) is 0 Å². The molecule has 3 nitrogen and oxygen atoms in total. The van der Waals surface area contributed by atoms with Gasteiger partial charge in [-0.05, 0) is 36.1 Å². The molecule has 114 valence electrons. The monoisotopic (exact) mass is 317 g/mol. The zero-order chi connectivity index (χ0) is 16.7. The molecule has 0 radical (unpaired) electrons. The Labute approximate surface area is 143 Å². The number of hydrogen-bond donors (Lipinski definition) is 0. The molecular formula is C22H11N3. The molecule has 3 heterocycles. The number of para-hydroxylation sites is 1. The Morgan fingerprint density at radius 3 is 1.60 bits per heavy atom. The summed E-state index contributed by atoms with van der Waals surface area (Å²) in [6.45, 7) is 0. The van der Waals surface area contributed by atoms with Crippen LogP contribution >= 0.6 is 0 Å². The normalized spacial score (nSPS) is 13.2. The van der Waals surface area contributed by atoms with E-state index >= 15 is 0 Å². The first-order valence-electron chi connectivity index (χ1n) is 8.39. The molecule has 1 aliphatic heterocycles. The van der Waals surface area contributed by atoms with Crippen molar-refractivity contribution >= 4 is 38.1 Å². The minimum Gasteiger partial charge on any atom is -0.307 e. The van der Waals surface area contributed by atoms with Gasteiger partial charge >= 0.3 is 0 Å². The summed E-state index contributed by atoms with van der Waals surface area (Å²) in [5.41, 5.74) is 7.20. The van der Waals surface area contributed by atoms with Crippen LogP contribution in [-0.4, -0.2) is 4.40 Å². The maximum atomic E-state index is 9.61. The highest BCUT2D eigenvalue weighted by Gasteiger charge is 2.25. The molecule has 0 unspecified atom stereocenters. The van der Waals surface area contributed by atoms with E-state index in [0.717, 1.165) is 46.1 Å². The van der Waals surface area contributed by atoms with Gasteiger partial charge in [0.05, 0.1) is 39.8 Å². The number of rotatable bonds is 0. The van der Waals surface area contributed by atoms with Crippen molar-refractivity contribution in [2.45, 2.75) is 12.8 Å². The fraction of sp³-hybridized carbons (Fsp3) is 0.0909. The van der Waals surface area contributed by atoms with Gasteiger partial charge in [-0.2, -0.15) is 10.5 Å². The standard InChI is InChI=1S/C22H11N3/c23-10-12-4-6-18-16-2-1-3-17-19-7-5-13(11-24)15-9-8-14(12)20(18)25(21(15)19)22(16)17/h1-7H,8-9H2. The third-order valence-electron chi connectivity index (χ3n) is 5.72. The van der Waals surface area contributed by atoms with Crippen molar-refractivity contribution in [1.29, 1.82) is 10.5 Å². The zero-order valence-electron chi connectivity index (χ0n) is 13.3. The zero-order valence-corrected chi connectivity index (χ0v) is 13.3. The summed E-state index contributed by atoms with van der Waals surface area (Å²) in [5, 5.41) is 24.1. The third-order valence-corrected chi connectivity index (χ3v) is 5.72. The number of fused-ring (bicyclic) bond motifs is 2. The van der Waals surface area contributed by atoms with Crippen LogP contribution in [0.3, 0.4) is 0 Å². The Morgan fingerprint density at radius 1 is 0.640 bits per heavy atom. The van der Waals surface area contributed by atoms with E-state index in [9.17, 15) is 10.5 Å². The van der Waals surface area contributed by atoms with E-state index in [1.165, 1.54) is 27.1 Å². The molecule has 0 N–H and O–H groups in total. The first-order chi connectivity index (χ1) is 12.3. The number of aromatic nitrogens is 1. The predicted octanol–water partition coefficient (Wildman–Crippen LogP) is 4.68. The predicted molar refractivity (Wildman–Crippen MR) is 97.9 cm³/mol. The Kier molecular flexibility index (Phi) is 2.10. The summed E-state index contributed by atoms with van der Waals surface area (Å²) in [4.78, 5) is 0. The molecule has 1 aliphatic rings. The van der Waals surface area contributed by atoms with E-state index in [4.69, 9.17) is 0 Å². The van der Waals surface area contributed by atoms with E-state index in [2.05, 4.69) is 46.9 Å². The molecule has 0 saturated carbocycles. The van der Waals surface area contributed by atoms with Crippen LogP contribution in [0.4, 0.5) is 0 Å². The van der Waals surface area contributed by atoms with Crippen molar-refractivity contribution in [1.82, 2.24) is 4.40 Å². The van der Waals surface area contributed by atoms with Gasteiger partial charge < -0.3 is 4.40 Å². The van der Waals surface area contributed by atoms with Gasteiger partial charge in [-0.15, -0.1) is 0 Å². The molecule has 0 spiro atoms. The van der Waals surface area contributed by atoms with Crippen molar-refractivity contribution in [3.8, 4) is 12.1 Å². The lowest BCUT2D eigenvalue weighted by molar-refractivity contribution is 0.975. The van der Waals surface area contributed by atoms with E-state index in [1.54, 1.807) is 0 Å². The highest BCUT2D eigenvalue weighted by molar-refractivity contribution is 6.24. The summed E-state index contributed by atoms with van der Waals surface area (Å²) in [6, 6.07) is 19.2. The highest BCUT2D eigenvalue weighted by atomic mass is 14.9. The van der Waals surface area contributed by atoms with Crippen molar-refractivity contribution in [3.63, 3.8) is 0 Å². The maximum Gasteiger partial charge on any atom is 0.0995 e. The molecule has 0 bridgehead atoms. The minimum atomic E-state index is 0.743. The Bertz CT molecular complexity index is 1350. The molecule has 5 aromatic rings. The van der Waals surface area contributed by atoms with Crippen LogP contribution in [-0.2, 0) is 12.8 Å². The lowest BCUT2D eigenvalue weighted by Crippen LogP contribution is -1.96. The largest absolute Gasteiger partial charge is 0.307 e. The lowest BCUT2D eigenvalue weighted by atomic mass is 9.96. The average Bonchev–Trinajstić information content (AvgIpc) is 3.10. The van der Waals surface area contributed by atoms with Gasteiger partial charge in [-0.1, -0.05) is 30.3 Å². The Balaban J connectivity index is 2.08. The van der Waals surface area contributed by atoms with Gasteiger partial charge in [0.25, 0.3) is 0 Å². The van der Waals surface area contributed by atoms with Crippen LogP contribution in [0.15, 0.2) is 42.5 Å². The van der Waals surface area contributed by atoms with E-state index < -0.39 is 0 Å². The molecule has 0 saturated heterocycles. The van der Waals surface area contributed by atoms with Crippen molar-refractivity contribution in [2.75, 3.05) is 0 Å². The van der Waals surface area contributed by atoms with Gasteiger partial charge in [0, 0.05) is 21.5 Å². The third kappa shape index (κ3) is 1.29. The van der Waals surface area contributed by atoms with Crippen LogP contribution in [0.25, 0.3) is 38.1 Å². The number of aryl methyl sites for hydroxylation is 2. The van der Waals surface area contributed by atoms with Gasteiger partial charge in [-0.25, -0.2) is 0 Å². The van der Waals surface area contributed by atoms with Crippen LogP contribution < -0.4 is 0 Å². The second kappa shape index (κ2) is 4.09. The molecule has 0 aliphatic carbocycles. The van der Waals surface area contributed by atoms with Crippen molar-refractivity contribution in [3.05, 3.63) is 64.7 Å². The Hall–Kier alpha value is -3.56. The quantitative estimate of drug-likeness (QED) is 0.416. The van der Waals surface area contributed by atoms with E-state index in [1.807, 2.05) is 12.1 Å². The second-order valence-corrected chi connectivity index (χ2v) is 6.74. The van der Waals surface area contributed by atoms with E-state index in [0.29, 0.717) is 0 Å². The van der Waals surface area contributed by atoms with Crippen LogP contribution in [0, 0.1) is 22.7 Å². The minimum absolute atomic E-state index is 0.743. The summed E-state index contributed by atoms with van der Waals surface area (Å²) in [5.74, 6) is 0. The Morgan fingerprint density at radius 2 is 1.12 bits per heavy atom. The van der Waals surface area contributed by atoms with Crippen molar-refractivity contribution in [2.24, 2.45) is 0 Å². The highest BCUT2D eigenvalue weighted by Crippen LogP contribution is 2.44. The summed E-state index contributed by atoms with van der Waals surface area (Å²) >= 11 is 0. The van der Waals surface area contributed by atoms with Crippen LogP contribution in [0.1, 0.15) is 22.3 Å². The van der Waals surface area contributed by atoms with Gasteiger partial charge in [0.15, 0.2) is 0 Å². The molecule has 0 atom stereocenters. The maximum absolute atomic E-state index is 9.61. The molecule has 0 amide bonds. The van der Waals surface area contributed by atoms with Crippen LogP contribution in [0.5, 0.6) is 0 Å². The number of nitriles is 2. The summed E-state index contributed by atoms with van der Waals surface area (Å²) in [6.07, 6.45) is 1.58. The summed E-state index contributed by atoms with van der Waals surface area (Å²) < 4.78 is 2.31. The second-order valence-electron chi connectivity index (χ2n) is 6.74. The number of hydrogen-bond acceptors (Lipinski definition) is 2.